The third-order valence-corrected chi connectivity index (χ3v) is 2.47. The summed E-state index contributed by atoms with van der Waals surface area (Å²) in [7, 11) is 0. The van der Waals surface area contributed by atoms with Gasteiger partial charge in [0, 0.05) is 4.47 Å². The van der Waals surface area contributed by atoms with Crippen molar-refractivity contribution >= 4 is 21.7 Å². The SMILES string of the molecule is CC(=O)C(C#N)c1ccccc1Br. The van der Waals surface area contributed by atoms with Gasteiger partial charge in [0.05, 0.1) is 6.07 Å². The van der Waals surface area contributed by atoms with Crippen LogP contribution in [0.1, 0.15) is 18.4 Å². The first-order valence-electron chi connectivity index (χ1n) is 3.81. The molecule has 66 valence electrons. The van der Waals surface area contributed by atoms with E-state index in [1.807, 2.05) is 24.3 Å². The fraction of sp³-hybridized carbons (Fsp3) is 0.200. The van der Waals surface area contributed by atoms with Crippen LogP contribution in [0.3, 0.4) is 0 Å². The molecule has 0 bridgehead atoms. The van der Waals surface area contributed by atoms with E-state index >= 15 is 0 Å². The van der Waals surface area contributed by atoms with Gasteiger partial charge in [0.25, 0.3) is 0 Å². The average molecular weight is 238 g/mol. The van der Waals surface area contributed by atoms with Gasteiger partial charge in [-0.2, -0.15) is 5.26 Å². The molecular weight excluding hydrogens is 230 g/mol. The number of rotatable bonds is 2. The second-order valence-electron chi connectivity index (χ2n) is 2.69. The molecule has 1 rings (SSSR count). The van der Waals surface area contributed by atoms with Gasteiger partial charge in [-0.05, 0) is 18.6 Å². The Balaban J connectivity index is 3.14. The highest BCUT2D eigenvalue weighted by molar-refractivity contribution is 9.10. The predicted molar refractivity (Wildman–Crippen MR) is 53.2 cm³/mol. The molecule has 0 N–H and O–H groups in total. The quantitative estimate of drug-likeness (QED) is 0.794. The second-order valence-corrected chi connectivity index (χ2v) is 3.55. The highest BCUT2D eigenvalue weighted by Gasteiger charge is 2.17. The van der Waals surface area contributed by atoms with E-state index < -0.39 is 5.92 Å². The van der Waals surface area contributed by atoms with Crippen LogP contribution in [-0.2, 0) is 4.79 Å². The highest BCUT2D eigenvalue weighted by atomic mass is 79.9. The first-order valence-corrected chi connectivity index (χ1v) is 4.60. The number of ketones is 1. The number of nitriles is 1. The average Bonchev–Trinajstić information content (AvgIpc) is 2.09. The summed E-state index contributed by atoms with van der Waals surface area (Å²) in [6.07, 6.45) is 0. The molecule has 0 aliphatic heterocycles. The van der Waals surface area contributed by atoms with E-state index in [4.69, 9.17) is 5.26 Å². The lowest BCUT2D eigenvalue weighted by atomic mass is 9.97. The van der Waals surface area contributed by atoms with Crippen molar-refractivity contribution in [2.45, 2.75) is 12.8 Å². The molecule has 0 saturated heterocycles. The third kappa shape index (κ3) is 2.16. The van der Waals surface area contributed by atoms with Crippen LogP contribution in [0.5, 0.6) is 0 Å². The molecule has 0 aliphatic carbocycles. The molecular formula is C10H8BrNO. The van der Waals surface area contributed by atoms with Crippen molar-refractivity contribution in [1.82, 2.24) is 0 Å². The zero-order chi connectivity index (χ0) is 9.84. The Morgan fingerprint density at radius 2 is 2.15 bits per heavy atom. The number of carbonyl (C=O) groups excluding carboxylic acids is 1. The minimum atomic E-state index is -0.657. The van der Waals surface area contributed by atoms with Gasteiger partial charge in [-0.15, -0.1) is 0 Å². The zero-order valence-electron chi connectivity index (χ0n) is 7.12. The normalized spacial score (nSPS) is 11.8. The molecule has 13 heavy (non-hydrogen) atoms. The lowest BCUT2D eigenvalue weighted by molar-refractivity contribution is -0.117. The van der Waals surface area contributed by atoms with Gasteiger partial charge in [0.1, 0.15) is 5.92 Å². The van der Waals surface area contributed by atoms with E-state index in [2.05, 4.69) is 15.9 Å². The molecule has 0 amide bonds. The molecule has 1 aromatic rings. The van der Waals surface area contributed by atoms with Crippen LogP contribution in [0.4, 0.5) is 0 Å². The summed E-state index contributed by atoms with van der Waals surface area (Å²) in [4.78, 5) is 11.1. The Morgan fingerprint density at radius 1 is 1.54 bits per heavy atom. The van der Waals surface area contributed by atoms with Crippen molar-refractivity contribution in [3.8, 4) is 6.07 Å². The van der Waals surface area contributed by atoms with Gasteiger partial charge < -0.3 is 0 Å². The van der Waals surface area contributed by atoms with Crippen LogP contribution in [0, 0.1) is 11.3 Å². The fourth-order valence-corrected chi connectivity index (χ4v) is 1.60. The smallest absolute Gasteiger partial charge is 0.151 e. The topological polar surface area (TPSA) is 40.9 Å². The lowest BCUT2D eigenvalue weighted by Crippen LogP contribution is -2.06. The largest absolute Gasteiger partial charge is 0.298 e. The summed E-state index contributed by atoms with van der Waals surface area (Å²) in [6.45, 7) is 1.42. The van der Waals surface area contributed by atoms with Crippen LogP contribution in [0.25, 0.3) is 0 Å². The predicted octanol–water partition coefficient (Wildman–Crippen LogP) is 2.65. The van der Waals surface area contributed by atoms with Crippen molar-refractivity contribution in [3.63, 3.8) is 0 Å². The zero-order valence-corrected chi connectivity index (χ0v) is 8.71. The van der Waals surface area contributed by atoms with E-state index in [0.717, 1.165) is 10.0 Å². The standard InChI is InChI=1S/C10H8BrNO/c1-7(13)9(6-12)8-4-2-3-5-10(8)11/h2-5,9H,1H3. The monoisotopic (exact) mass is 237 g/mol. The Labute approximate surface area is 85.3 Å². The first-order chi connectivity index (χ1) is 6.16. The number of nitrogens with zero attached hydrogens (tertiary/aromatic N) is 1. The van der Waals surface area contributed by atoms with Gasteiger partial charge in [-0.1, -0.05) is 34.1 Å². The fourth-order valence-electron chi connectivity index (χ4n) is 1.09. The van der Waals surface area contributed by atoms with Crippen LogP contribution >= 0.6 is 15.9 Å². The summed E-state index contributed by atoms with van der Waals surface area (Å²) in [6, 6.07) is 9.24. The third-order valence-electron chi connectivity index (χ3n) is 1.75. The van der Waals surface area contributed by atoms with Crippen LogP contribution in [-0.4, -0.2) is 5.78 Å². The maximum Gasteiger partial charge on any atom is 0.151 e. The van der Waals surface area contributed by atoms with E-state index in [0.29, 0.717) is 0 Å². The summed E-state index contributed by atoms with van der Waals surface area (Å²) < 4.78 is 0.803. The maximum absolute atomic E-state index is 11.1. The molecule has 0 spiro atoms. The van der Waals surface area contributed by atoms with Crippen molar-refractivity contribution < 1.29 is 4.79 Å². The molecule has 3 heteroatoms. The number of hydrogen-bond acceptors (Lipinski definition) is 2. The summed E-state index contributed by atoms with van der Waals surface area (Å²) in [5.41, 5.74) is 0.734. The van der Waals surface area contributed by atoms with Gasteiger partial charge in [-0.25, -0.2) is 0 Å². The molecule has 0 saturated carbocycles. The van der Waals surface area contributed by atoms with Crippen molar-refractivity contribution in [3.05, 3.63) is 34.3 Å². The van der Waals surface area contributed by atoms with Gasteiger partial charge in [0.15, 0.2) is 5.78 Å². The Kier molecular flexibility index (Phi) is 3.21. The lowest BCUT2D eigenvalue weighted by Gasteiger charge is -2.06. The molecule has 0 aromatic heterocycles. The number of benzene rings is 1. The molecule has 2 nitrogen and oxygen atoms in total. The van der Waals surface area contributed by atoms with Gasteiger partial charge in [-0.3, -0.25) is 4.79 Å². The van der Waals surface area contributed by atoms with Crippen LogP contribution < -0.4 is 0 Å². The summed E-state index contributed by atoms with van der Waals surface area (Å²) in [5.74, 6) is -0.787. The van der Waals surface area contributed by atoms with E-state index in [1.54, 1.807) is 6.07 Å². The molecule has 0 fully saturated rings. The van der Waals surface area contributed by atoms with Crippen molar-refractivity contribution in [2.75, 3.05) is 0 Å². The molecule has 1 aromatic carbocycles. The second kappa shape index (κ2) is 4.20. The number of hydrogen-bond donors (Lipinski definition) is 0. The highest BCUT2D eigenvalue weighted by Crippen LogP contribution is 2.24. The summed E-state index contributed by atoms with van der Waals surface area (Å²) >= 11 is 3.30. The van der Waals surface area contributed by atoms with Gasteiger partial charge >= 0.3 is 0 Å². The van der Waals surface area contributed by atoms with Crippen LogP contribution in [0.15, 0.2) is 28.7 Å². The van der Waals surface area contributed by atoms with E-state index in [-0.39, 0.29) is 5.78 Å². The van der Waals surface area contributed by atoms with Crippen LogP contribution in [0.2, 0.25) is 0 Å². The van der Waals surface area contributed by atoms with E-state index in [9.17, 15) is 4.79 Å². The molecule has 0 radical (unpaired) electrons. The molecule has 0 aliphatic rings. The first kappa shape index (κ1) is 9.94. The number of halogens is 1. The maximum atomic E-state index is 11.1. The number of Topliss-reactive ketones (excluding diaryl/α,β-unsaturated/α-hetero) is 1. The van der Waals surface area contributed by atoms with Crippen molar-refractivity contribution in [1.29, 1.82) is 5.26 Å². The molecule has 1 atom stereocenters. The van der Waals surface area contributed by atoms with Gasteiger partial charge in [0.2, 0.25) is 0 Å². The van der Waals surface area contributed by atoms with E-state index in [1.165, 1.54) is 6.92 Å². The van der Waals surface area contributed by atoms with Crippen molar-refractivity contribution in [2.24, 2.45) is 0 Å². The Bertz CT molecular complexity index is 367. The molecule has 1 unspecified atom stereocenters. The summed E-state index contributed by atoms with van der Waals surface area (Å²) in [5, 5.41) is 8.78. The Morgan fingerprint density at radius 3 is 2.62 bits per heavy atom. The number of carbonyl (C=O) groups is 1. The molecule has 0 heterocycles. The minimum absolute atomic E-state index is 0.130. The Hall–Kier alpha value is -1.14. The minimum Gasteiger partial charge on any atom is -0.298 e.